The summed E-state index contributed by atoms with van der Waals surface area (Å²) in [5, 5.41) is 0. The molecule has 0 N–H and O–H groups in total. The molecule has 0 aromatic heterocycles. The topological polar surface area (TPSA) is 36.9 Å². The van der Waals surface area contributed by atoms with E-state index in [4.69, 9.17) is 18.9 Å². The molecule has 2 aliphatic rings. The van der Waals surface area contributed by atoms with Crippen LogP contribution < -0.4 is 0 Å². The smallest absolute Gasteiger partial charge is 0.190 e. The van der Waals surface area contributed by atoms with Crippen molar-refractivity contribution in [2.24, 2.45) is 0 Å². The van der Waals surface area contributed by atoms with Gasteiger partial charge < -0.3 is 18.9 Å². The molecule has 0 radical (unpaired) electrons. The van der Waals surface area contributed by atoms with Gasteiger partial charge in [0.05, 0.1) is 19.8 Å². The molecule has 1 aliphatic heterocycles. The van der Waals surface area contributed by atoms with E-state index in [0.29, 0.717) is 25.6 Å². The Balaban J connectivity index is 1.41. The summed E-state index contributed by atoms with van der Waals surface area (Å²) in [6.45, 7) is 9.48. The Bertz CT molecular complexity index is 1100. The molecule has 1 aliphatic carbocycles. The molecular formula is C29H28O4. The lowest BCUT2D eigenvalue weighted by Gasteiger charge is -2.25. The van der Waals surface area contributed by atoms with Crippen LogP contribution in [0.5, 0.6) is 0 Å². The molecule has 1 saturated heterocycles. The molecule has 0 spiro atoms. The zero-order chi connectivity index (χ0) is 22.7. The molecule has 1 saturated carbocycles. The zero-order valence-corrected chi connectivity index (χ0v) is 18.6. The minimum Gasteiger partial charge on any atom is -0.479 e. The third-order valence-electron chi connectivity index (χ3n) is 6.43. The van der Waals surface area contributed by atoms with Crippen molar-refractivity contribution in [3.63, 3.8) is 0 Å². The van der Waals surface area contributed by atoms with Gasteiger partial charge in [0.25, 0.3) is 0 Å². The van der Waals surface area contributed by atoms with Gasteiger partial charge in [-0.15, -0.1) is 0 Å². The van der Waals surface area contributed by atoms with E-state index >= 15 is 0 Å². The molecule has 4 nitrogen and oxygen atoms in total. The first-order chi connectivity index (χ1) is 16.2. The highest BCUT2D eigenvalue weighted by Gasteiger charge is 2.89. The first kappa shape index (κ1) is 21.7. The molecule has 3 aromatic rings. The average Bonchev–Trinajstić information content (AvgIpc) is 3.32. The van der Waals surface area contributed by atoms with Crippen LogP contribution >= 0.6 is 0 Å². The van der Waals surface area contributed by atoms with E-state index in [0.717, 1.165) is 16.7 Å². The Hall–Kier alpha value is -3.18. The predicted molar refractivity (Wildman–Crippen MR) is 127 cm³/mol. The third-order valence-corrected chi connectivity index (χ3v) is 6.43. The summed E-state index contributed by atoms with van der Waals surface area (Å²) in [6.07, 6.45) is 0.933. The van der Waals surface area contributed by atoms with E-state index in [1.165, 1.54) is 0 Å². The molecule has 0 bridgehead atoms. The highest BCUT2D eigenvalue weighted by Crippen LogP contribution is 2.66. The fourth-order valence-electron chi connectivity index (χ4n) is 4.74. The fourth-order valence-corrected chi connectivity index (χ4v) is 4.74. The van der Waals surface area contributed by atoms with Crippen molar-refractivity contribution in [2.75, 3.05) is 0 Å². The van der Waals surface area contributed by atoms with Crippen LogP contribution in [0.2, 0.25) is 0 Å². The quantitative estimate of drug-likeness (QED) is 0.385. The highest BCUT2D eigenvalue weighted by molar-refractivity contribution is 5.47. The summed E-state index contributed by atoms with van der Waals surface area (Å²) >= 11 is 0. The molecule has 2 fully saturated rings. The largest absolute Gasteiger partial charge is 0.479 e. The van der Waals surface area contributed by atoms with Crippen LogP contribution in [0.4, 0.5) is 0 Å². The average molecular weight is 441 g/mol. The fraction of sp³-hybridized carbons (Fsp3) is 0.241. The molecular weight excluding hydrogens is 412 g/mol. The van der Waals surface area contributed by atoms with Gasteiger partial charge in [-0.3, -0.25) is 0 Å². The first-order valence-corrected chi connectivity index (χ1v) is 11.2. The summed E-state index contributed by atoms with van der Waals surface area (Å²) in [7, 11) is 0. The second-order valence-corrected chi connectivity index (χ2v) is 8.49. The Morgan fingerprint density at radius 1 is 0.727 bits per heavy atom. The Labute approximate surface area is 195 Å². The second kappa shape index (κ2) is 8.99. The van der Waals surface area contributed by atoms with Crippen LogP contribution in [0.15, 0.2) is 116 Å². The molecule has 5 rings (SSSR count). The van der Waals surface area contributed by atoms with Crippen molar-refractivity contribution in [3.8, 4) is 0 Å². The second-order valence-electron chi connectivity index (χ2n) is 8.49. The molecule has 4 heteroatoms. The molecule has 3 aromatic carbocycles. The van der Waals surface area contributed by atoms with E-state index in [1.54, 1.807) is 6.08 Å². The highest BCUT2D eigenvalue weighted by atomic mass is 16.7. The summed E-state index contributed by atoms with van der Waals surface area (Å²) in [5.41, 5.74) is 1.53. The summed E-state index contributed by atoms with van der Waals surface area (Å²) in [4.78, 5) is 0. The molecule has 0 amide bonds. The minimum absolute atomic E-state index is 0.363. The number of hydrogen-bond donors (Lipinski definition) is 0. The van der Waals surface area contributed by atoms with Gasteiger partial charge in [0.15, 0.2) is 17.3 Å². The van der Waals surface area contributed by atoms with Gasteiger partial charge in [-0.05, 0) is 22.8 Å². The lowest BCUT2D eigenvalue weighted by atomic mass is 10.1. The monoisotopic (exact) mass is 440 g/mol. The lowest BCUT2D eigenvalue weighted by Crippen LogP contribution is -2.38. The van der Waals surface area contributed by atoms with Gasteiger partial charge in [0.2, 0.25) is 0 Å². The molecule has 33 heavy (non-hydrogen) atoms. The summed E-state index contributed by atoms with van der Waals surface area (Å²) < 4.78 is 25.6. The van der Waals surface area contributed by atoms with Gasteiger partial charge in [0, 0.05) is 0 Å². The third kappa shape index (κ3) is 3.80. The Morgan fingerprint density at radius 2 is 1.21 bits per heavy atom. The Kier molecular flexibility index (Phi) is 5.90. The number of rotatable bonds is 10. The van der Waals surface area contributed by atoms with E-state index in [1.807, 2.05) is 91.0 Å². The van der Waals surface area contributed by atoms with Gasteiger partial charge in [-0.25, -0.2) is 0 Å². The maximum atomic E-state index is 6.61. The molecule has 4 atom stereocenters. The van der Waals surface area contributed by atoms with Gasteiger partial charge in [0.1, 0.15) is 11.9 Å². The normalized spacial score (nSPS) is 27.6. The van der Waals surface area contributed by atoms with Crippen LogP contribution in [0, 0.1) is 0 Å². The molecule has 168 valence electrons. The zero-order valence-electron chi connectivity index (χ0n) is 18.6. The van der Waals surface area contributed by atoms with Crippen molar-refractivity contribution < 1.29 is 18.9 Å². The lowest BCUT2D eigenvalue weighted by molar-refractivity contribution is -0.112. The number of ether oxygens (including phenoxy) is 4. The van der Waals surface area contributed by atoms with Crippen molar-refractivity contribution >= 4 is 0 Å². The first-order valence-electron chi connectivity index (χ1n) is 11.2. The van der Waals surface area contributed by atoms with Crippen molar-refractivity contribution in [1.82, 2.24) is 0 Å². The van der Waals surface area contributed by atoms with Gasteiger partial charge >= 0.3 is 0 Å². The summed E-state index contributed by atoms with van der Waals surface area (Å²) in [5.74, 6) is 0.540. The van der Waals surface area contributed by atoms with Crippen LogP contribution in [-0.4, -0.2) is 23.4 Å². The van der Waals surface area contributed by atoms with Crippen LogP contribution in [-0.2, 0) is 38.8 Å². The van der Waals surface area contributed by atoms with Crippen molar-refractivity contribution in [3.05, 3.63) is 133 Å². The van der Waals surface area contributed by atoms with Gasteiger partial charge in [-0.1, -0.05) is 104 Å². The van der Waals surface area contributed by atoms with Crippen LogP contribution in [0.25, 0.3) is 0 Å². The van der Waals surface area contributed by atoms with E-state index < -0.39 is 17.3 Å². The number of fused-ring (bicyclic) bond motifs is 1. The maximum absolute atomic E-state index is 6.61. The van der Waals surface area contributed by atoms with E-state index in [-0.39, 0.29) is 6.10 Å². The number of benzene rings is 3. The van der Waals surface area contributed by atoms with Crippen molar-refractivity contribution in [2.45, 2.75) is 43.2 Å². The maximum Gasteiger partial charge on any atom is 0.190 e. The Morgan fingerprint density at radius 3 is 1.73 bits per heavy atom. The van der Waals surface area contributed by atoms with Crippen LogP contribution in [0.1, 0.15) is 16.7 Å². The summed E-state index contributed by atoms with van der Waals surface area (Å²) in [6, 6.07) is 30.2. The van der Waals surface area contributed by atoms with Crippen LogP contribution in [0.3, 0.4) is 0 Å². The SMILES string of the molecule is C=CC12OC(=C)C(OCc3ccccc3)C1(OCc1ccccc1)C2OCc1ccccc1. The molecule has 4 unspecified atom stereocenters. The standard InChI is InChI=1S/C29H28O4/c1-3-28-27(31-20-24-15-9-5-10-16-24)29(28,32-21-25-17-11-6-12-18-25)26(22(2)33-28)30-19-23-13-7-4-8-14-23/h3-18,26-27H,1-2,19-21H2. The van der Waals surface area contributed by atoms with Gasteiger partial charge in [-0.2, -0.15) is 0 Å². The van der Waals surface area contributed by atoms with E-state index in [9.17, 15) is 0 Å². The predicted octanol–water partition coefficient (Wildman–Crippen LogP) is 5.60. The minimum atomic E-state index is -0.856. The molecule has 1 heterocycles. The van der Waals surface area contributed by atoms with E-state index in [2.05, 4.69) is 13.2 Å². The number of hydrogen-bond acceptors (Lipinski definition) is 4. The van der Waals surface area contributed by atoms with Crippen molar-refractivity contribution in [1.29, 1.82) is 0 Å².